The zero-order chi connectivity index (χ0) is 14.3. The van der Waals surface area contributed by atoms with Crippen LogP contribution in [0.3, 0.4) is 0 Å². The van der Waals surface area contributed by atoms with E-state index in [0.717, 1.165) is 6.20 Å². The third-order valence-corrected chi connectivity index (χ3v) is 3.87. The molecular weight excluding hydrogens is 376 g/mol. The molecule has 0 spiro atoms. The quantitative estimate of drug-likeness (QED) is 0.667. The van der Waals surface area contributed by atoms with Crippen molar-refractivity contribution in [3.05, 3.63) is 45.4 Å². The van der Waals surface area contributed by atoms with Gasteiger partial charge in [-0.1, -0.05) is 12.1 Å². The van der Waals surface area contributed by atoms with Gasteiger partial charge in [0.2, 0.25) is 0 Å². The Labute approximate surface area is 126 Å². The lowest BCUT2D eigenvalue weighted by Crippen LogP contribution is -1.95. The van der Waals surface area contributed by atoms with Crippen molar-refractivity contribution in [1.29, 1.82) is 0 Å². The SMILES string of the molecule is O=C(O)c1ccc(-c2nc3ncc(F)c(I)c3[nH]2)cc1. The number of H-pyrrole nitrogens is 1. The van der Waals surface area contributed by atoms with Gasteiger partial charge in [0.15, 0.2) is 11.5 Å². The maximum Gasteiger partial charge on any atom is 0.335 e. The number of aromatic carboxylic acids is 1. The Kier molecular flexibility index (Phi) is 3.13. The van der Waals surface area contributed by atoms with E-state index >= 15 is 0 Å². The highest BCUT2D eigenvalue weighted by Crippen LogP contribution is 2.24. The number of aromatic nitrogens is 3. The van der Waals surface area contributed by atoms with Gasteiger partial charge >= 0.3 is 5.97 Å². The van der Waals surface area contributed by atoms with Crippen LogP contribution >= 0.6 is 22.6 Å². The van der Waals surface area contributed by atoms with E-state index < -0.39 is 11.8 Å². The number of rotatable bonds is 2. The average Bonchev–Trinajstić information content (AvgIpc) is 2.88. The van der Waals surface area contributed by atoms with E-state index in [-0.39, 0.29) is 5.56 Å². The van der Waals surface area contributed by atoms with Crippen molar-refractivity contribution in [2.75, 3.05) is 0 Å². The highest BCUT2D eigenvalue weighted by Gasteiger charge is 2.12. The second kappa shape index (κ2) is 4.82. The number of imidazole rings is 1. The van der Waals surface area contributed by atoms with Crippen LogP contribution in [-0.2, 0) is 0 Å². The van der Waals surface area contributed by atoms with Crippen LogP contribution in [0.5, 0.6) is 0 Å². The Balaban J connectivity index is 2.10. The highest BCUT2D eigenvalue weighted by molar-refractivity contribution is 14.1. The van der Waals surface area contributed by atoms with E-state index in [1.807, 2.05) is 22.6 Å². The van der Waals surface area contributed by atoms with Crippen LogP contribution in [0.25, 0.3) is 22.6 Å². The lowest BCUT2D eigenvalue weighted by atomic mass is 10.1. The van der Waals surface area contributed by atoms with Gasteiger partial charge in [-0.2, -0.15) is 0 Å². The van der Waals surface area contributed by atoms with Crippen LogP contribution in [-0.4, -0.2) is 26.0 Å². The van der Waals surface area contributed by atoms with Crippen molar-refractivity contribution in [3.63, 3.8) is 0 Å². The molecule has 0 fully saturated rings. The van der Waals surface area contributed by atoms with Gasteiger partial charge in [0.05, 0.1) is 15.3 Å². The molecule has 0 radical (unpaired) electrons. The first kappa shape index (κ1) is 13.0. The fourth-order valence-corrected chi connectivity index (χ4v) is 2.33. The molecule has 1 aromatic carbocycles. The molecule has 0 aliphatic heterocycles. The Morgan fingerprint density at radius 1 is 1.30 bits per heavy atom. The van der Waals surface area contributed by atoms with Gasteiger partial charge < -0.3 is 10.1 Å². The summed E-state index contributed by atoms with van der Waals surface area (Å²) >= 11 is 1.89. The van der Waals surface area contributed by atoms with Gasteiger partial charge in [0.25, 0.3) is 0 Å². The summed E-state index contributed by atoms with van der Waals surface area (Å²) in [6, 6.07) is 6.27. The number of carboxylic acids is 1. The van der Waals surface area contributed by atoms with E-state index in [0.29, 0.717) is 26.1 Å². The van der Waals surface area contributed by atoms with Gasteiger partial charge in [-0.15, -0.1) is 0 Å². The number of fused-ring (bicyclic) bond motifs is 1. The van der Waals surface area contributed by atoms with E-state index in [1.54, 1.807) is 12.1 Å². The van der Waals surface area contributed by atoms with E-state index in [4.69, 9.17) is 5.11 Å². The first-order chi connectivity index (χ1) is 9.56. The van der Waals surface area contributed by atoms with Crippen molar-refractivity contribution < 1.29 is 14.3 Å². The zero-order valence-corrected chi connectivity index (χ0v) is 12.1. The largest absolute Gasteiger partial charge is 0.478 e. The van der Waals surface area contributed by atoms with Gasteiger partial charge in [-0.3, -0.25) is 0 Å². The maximum absolute atomic E-state index is 13.4. The van der Waals surface area contributed by atoms with Gasteiger partial charge in [-0.25, -0.2) is 19.2 Å². The number of aromatic amines is 1. The molecule has 7 heteroatoms. The van der Waals surface area contributed by atoms with Crippen molar-refractivity contribution in [3.8, 4) is 11.4 Å². The van der Waals surface area contributed by atoms with Crippen molar-refractivity contribution in [2.24, 2.45) is 0 Å². The lowest BCUT2D eigenvalue weighted by Gasteiger charge is -1.97. The molecule has 0 saturated heterocycles. The number of nitrogens with zero attached hydrogens (tertiary/aromatic N) is 2. The highest BCUT2D eigenvalue weighted by atomic mass is 127. The average molecular weight is 383 g/mol. The number of pyridine rings is 1. The molecule has 0 amide bonds. The summed E-state index contributed by atoms with van der Waals surface area (Å²) in [7, 11) is 0. The predicted octanol–water partition coefficient (Wildman–Crippen LogP) is 3.07. The number of hydrogen-bond donors (Lipinski definition) is 2. The number of carboxylic acid groups (broad SMARTS) is 1. The minimum absolute atomic E-state index is 0.198. The molecule has 0 unspecified atom stereocenters. The summed E-state index contributed by atoms with van der Waals surface area (Å²) in [6.45, 7) is 0. The summed E-state index contributed by atoms with van der Waals surface area (Å²) in [6.07, 6.45) is 1.13. The molecule has 0 bridgehead atoms. The third kappa shape index (κ3) is 2.13. The van der Waals surface area contributed by atoms with Crippen molar-refractivity contribution in [2.45, 2.75) is 0 Å². The second-order valence-electron chi connectivity index (χ2n) is 4.09. The maximum atomic E-state index is 13.4. The van der Waals surface area contributed by atoms with E-state index in [2.05, 4.69) is 15.0 Å². The molecule has 3 rings (SSSR count). The third-order valence-electron chi connectivity index (χ3n) is 2.82. The normalized spacial score (nSPS) is 10.9. The number of carbonyl (C=O) groups is 1. The lowest BCUT2D eigenvalue weighted by molar-refractivity contribution is 0.0697. The Hall–Kier alpha value is -2.03. The number of hydrogen-bond acceptors (Lipinski definition) is 3. The molecule has 100 valence electrons. The standard InChI is InChI=1S/C13H7FIN3O2/c14-8-5-16-12-10(9(8)15)17-11(18-12)6-1-3-7(4-2-6)13(19)20/h1-5H,(H,19,20)(H,16,17,18). The van der Waals surface area contributed by atoms with Crippen LogP contribution in [0.15, 0.2) is 30.5 Å². The molecule has 0 aliphatic carbocycles. The zero-order valence-electron chi connectivity index (χ0n) is 9.89. The van der Waals surface area contributed by atoms with Crippen molar-refractivity contribution >= 4 is 39.7 Å². The molecule has 20 heavy (non-hydrogen) atoms. The molecule has 5 nitrogen and oxygen atoms in total. The summed E-state index contributed by atoms with van der Waals surface area (Å²) in [5.74, 6) is -0.873. The molecule has 3 aromatic rings. The summed E-state index contributed by atoms with van der Waals surface area (Å²) in [5, 5.41) is 8.85. The summed E-state index contributed by atoms with van der Waals surface area (Å²) in [5.41, 5.74) is 1.86. The topological polar surface area (TPSA) is 78.9 Å². The second-order valence-corrected chi connectivity index (χ2v) is 5.17. The Morgan fingerprint density at radius 2 is 2.00 bits per heavy atom. The van der Waals surface area contributed by atoms with E-state index in [1.165, 1.54) is 12.1 Å². The van der Waals surface area contributed by atoms with Gasteiger partial charge in [0.1, 0.15) is 11.3 Å². The molecular formula is C13H7FIN3O2. The molecule has 2 N–H and O–H groups in total. The van der Waals surface area contributed by atoms with Gasteiger partial charge in [0, 0.05) is 5.56 Å². The van der Waals surface area contributed by atoms with Crippen LogP contribution < -0.4 is 0 Å². The van der Waals surface area contributed by atoms with Gasteiger partial charge in [-0.05, 0) is 34.7 Å². The van der Waals surface area contributed by atoms with Crippen molar-refractivity contribution in [1.82, 2.24) is 15.0 Å². The first-order valence-electron chi connectivity index (χ1n) is 5.59. The number of nitrogens with one attached hydrogen (secondary N) is 1. The molecule has 2 heterocycles. The molecule has 0 aliphatic rings. The fourth-order valence-electron chi connectivity index (χ4n) is 1.81. The molecule has 0 saturated carbocycles. The molecule has 0 atom stereocenters. The van der Waals surface area contributed by atoms with Crippen LogP contribution in [0.2, 0.25) is 0 Å². The minimum atomic E-state index is -0.987. The molecule has 2 aromatic heterocycles. The minimum Gasteiger partial charge on any atom is -0.478 e. The van der Waals surface area contributed by atoms with Crippen LogP contribution in [0.1, 0.15) is 10.4 Å². The van der Waals surface area contributed by atoms with Crippen LogP contribution in [0, 0.1) is 9.39 Å². The first-order valence-corrected chi connectivity index (χ1v) is 6.67. The predicted molar refractivity (Wildman–Crippen MR) is 79.0 cm³/mol. The Bertz CT molecular complexity index is 814. The Morgan fingerprint density at radius 3 is 2.65 bits per heavy atom. The number of halogens is 2. The summed E-state index contributed by atoms with van der Waals surface area (Å²) < 4.78 is 13.8. The van der Waals surface area contributed by atoms with E-state index in [9.17, 15) is 9.18 Å². The monoisotopic (exact) mass is 383 g/mol. The van der Waals surface area contributed by atoms with Crippen LogP contribution in [0.4, 0.5) is 4.39 Å². The summed E-state index contributed by atoms with van der Waals surface area (Å²) in [4.78, 5) is 22.0. The fraction of sp³-hybridized carbons (Fsp3) is 0. The number of benzene rings is 1. The smallest absolute Gasteiger partial charge is 0.335 e.